The van der Waals surface area contributed by atoms with Crippen LogP contribution in [-0.4, -0.2) is 31.0 Å². The number of carbonyl (C=O) groups excluding carboxylic acids is 1. The first kappa shape index (κ1) is 21.1. The average Bonchev–Trinajstić information content (AvgIpc) is 3.39. The number of benzene rings is 3. The number of anilines is 2. The number of rotatable bonds is 7. The molecule has 0 aliphatic carbocycles. The molecule has 0 aliphatic rings. The Morgan fingerprint density at radius 3 is 2.67 bits per heavy atom. The summed E-state index contributed by atoms with van der Waals surface area (Å²) in [7, 11) is 1.94. The van der Waals surface area contributed by atoms with E-state index in [0.29, 0.717) is 5.56 Å². The molecule has 0 saturated heterocycles. The lowest BCUT2D eigenvalue weighted by Gasteiger charge is -2.12. The van der Waals surface area contributed by atoms with Gasteiger partial charge in [0, 0.05) is 35.7 Å². The van der Waals surface area contributed by atoms with Crippen LogP contribution in [0.1, 0.15) is 10.4 Å². The van der Waals surface area contributed by atoms with Crippen LogP contribution in [0.2, 0.25) is 0 Å². The first-order valence-corrected chi connectivity index (χ1v) is 11.8. The second-order valence-corrected chi connectivity index (χ2v) is 8.61. The van der Waals surface area contributed by atoms with Crippen molar-refractivity contribution in [1.82, 2.24) is 10.3 Å². The summed E-state index contributed by atoms with van der Waals surface area (Å²) in [5.41, 5.74) is 3.79. The minimum atomic E-state index is -0.0873. The number of nitrogens with zero attached hydrogens (tertiary/aromatic N) is 1. The van der Waals surface area contributed by atoms with Crippen LogP contribution in [0.25, 0.3) is 32.7 Å². The summed E-state index contributed by atoms with van der Waals surface area (Å²) < 4.78 is 0. The summed E-state index contributed by atoms with van der Waals surface area (Å²) >= 11 is 1.52. The standard InChI is InChI=1S/C27H24N4OS/c1-28-12-13-30-26-25-4-2-3-23(24(25)9-11-29-26)20-6-5-19-16-22(8-7-18(19)15-20)31-27(32)21-10-14-33-17-21/h2-11,14-17,28H,12-13H2,1H3,(H,29,30)(H,31,32). The van der Waals surface area contributed by atoms with Crippen LogP contribution in [0.4, 0.5) is 11.5 Å². The number of pyridine rings is 1. The fourth-order valence-corrected chi connectivity index (χ4v) is 4.63. The van der Waals surface area contributed by atoms with Crippen LogP contribution in [0, 0.1) is 0 Å². The summed E-state index contributed by atoms with van der Waals surface area (Å²) in [5.74, 6) is 0.812. The molecule has 33 heavy (non-hydrogen) atoms. The molecule has 0 saturated carbocycles. The average molecular weight is 453 g/mol. The number of nitrogens with one attached hydrogen (secondary N) is 3. The van der Waals surface area contributed by atoms with Crippen molar-refractivity contribution in [3.63, 3.8) is 0 Å². The smallest absolute Gasteiger partial charge is 0.256 e. The van der Waals surface area contributed by atoms with Crippen LogP contribution in [0.3, 0.4) is 0 Å². The predicted molar refractivity (Wildman–Crippen MR) is 139 cm³/mol. The Bertz CT molecular complexity index is 1430. The lowest BCUT2D eigenvalue weighted by Crippen LogP contribution is -2.18. The maximum absolute atomic E-state index is 12.4. The number of aromatic nitrogens is 1. The highest BCUT2D eigenvalue weighted by Gasteiger charge is 2.10. The van der Waals surface area contributed by atoms with E-state index >= 15 is 0 Å². The Morgan fingerprint density at radius 1 is 0.939 bits per heavy atom. The molecule has 3 N–H and O–H groups in total. The zero-order valence-electron chi connectivity index (χ0n) is 18.3. The molecule has 5 aromatic rings. The molecule has 1 amide bonds. The van der Waals surface area contributed by atoms with Gasteiger partial charge in [0.05, 0.1) is 5.56 Å². The lowest BCUT2D eigenvalue weighted by atomic mass is 9.96. The van der Waals surface area contributed by atoms with Crippen molar-refractivity contribution in [3.05, 3.63) is 89.3 Å². The van der Waals surface area contributed by atoms with Crippen molar-refractivity contribution in [3.8, 4) is 11.1 Å². The van der Waals surface area contributed by atoms with Gasteiger partial charge < -0.3 is 16.0 Å². The van der Waals surface area contributed by atoms with Crippen LogP contribution < -0.4 is 16.0 Å². The topological polar surface area (TPSA) is 66.1 Å². The lowest BCUT2D eigenvalue weighted by molar-refractivity contribution is 0.102. The third-order valence-electron chi connectivity index (χ3n) is 5.67. The third kappa shape index (κ3) is 4.44. The van der Waals surface area contributed by atoms with Gasteiger partial charge >= 0.3 is 0 Å². The first-order valence-electron chi connectivity index (χ1n) is 10.9. The van der Waals surface area contributed by atoms with E-state index in [2.05, 4.69) is 69.5 Å². The van der Waals surface area contributed by atoms with Gasteiger partial charge in [0.25, 0.3) is 5.91 Å². The number of hydrogen-bond donors (Lipinski definition) is 3. The normalized spacial score (nSPS) is 11.1. The van der Waals surface area contributed by atoms with Crippen molar-refractivity contribution in [2.45, 2.75) is 0 Å². The maximum Gasteiger partial charge on any atom is 0.256 e. The highest BCUT2D eigenvalue weighted by Crippen LogP contribution is 2.33. The molecule has 2 aromatic heterocycles. The van der Waals surface area contributed by atoms with Crippen LogP contribution in [0.15, 0.2) is 83.7 Å². The zero-order chi connectivity index (χ0) is 22.6. The van der Waals surface area contributed by atoms with Crippen LogP contribution in [-0.2, 0) is 0 Å². The van der Waals surface area contributed by atoms with E-state index in [0.717, 1.165) is 46.3 Å². The molecule has 164 valence electrons. The minimum absolute atomic E-state index is 0.0873. The van der Waals surface area contributed by atoms with Gasteiger partial charge in [0.1, 0.15) is 5.82 Å². The van der Waals surface area contributed by atoms with E-state index in [9.17, 15) is 4.79 Å². The van der Waals surface area contributed by atoms with Gasteiger partial charge in [-0.05, 0) is 70.0 Å². The fourth-order valence-electron chi connectivity index (χ4n) is 3.99. The summed E-state index contributed by atoms with van der Waals surface area (Å²) in [5, 5.41) is 17.8. The third-order valence-corrected chi connectivity index (χ3v) is 6.35. The Kier molecular flexibility index (Phi) is 6.02. The molecule has 0 bridgehead atoms. The summed E-state index contributed by atoms with van der Waals surface area (Å²) in [4.78, 5) is 16.9. The van der Waals surface area contributed by atoms with Gasteiger partial charge in [-0.15, -0.1) is 0 Å². The Labute approximate surface area is 196 Å². The fraction of sp³-hybridized carbons (Fsp3) is 0.111. The second-order valence-electron chi connectivity index (χ2n) is 7.83. The SMILES string of the molecule is CNCCNc1nccc2c(-c3ccc4cc(NC(=O)c5ccsc5)ccc4c3)cccc12. The van der Waals surface area contributed by atoms with Crippen molar-refractivity contribution in [2.75, 3.05) is 30.8 Å². The van der Waals surface area contributed by atoms with Crippen LogP contribution in [0.5, 0.6) is 0 Å². The van der Waals surface area contributed by atoms with E-state index in [-0.39, 0.29) is 5.91 Å². The maximum atomic E-state index is 12.4. The number of hydrogen-bond acceptors (Lipinski definition) is 5. The predicted octanol–water partition coefficient (Wildman–Crippen LogP) is 6.00. The van der Waals surface area contributed by atoms with Crippen molar-refractivity contribution < 1.29 is 4.79 Å². The zero-order valence-corrected chi connectivity index (χ0v) is 19.1. The molecule has 6 heteroatoms. The summed E-state index contributed by atoms with van der Waals surface area (Å²) in [6, 6.07) is 22.7. The molecule has 0 spiro atoms. The summed E-state index contributed by atoms with van der Waals surface area (Å²) in [6.07, 6.45) is 1.86. The quantitative estimate of drug-likeness (QED) is 0.265. The van der Waals surface area contributed by atoms with Gasteiger partial charge in [-0.2, -0.15) is 11.3 Å². The highest BCUT2D eigenvalue weighted by molar-refractivity contribution is 7.08. The Morgan fingerprint density at radius 2 is 1.82 bits per heavy atom. The Hall–Kier alpha value is -3.74. The summed E-state index contributed by atoms with van der Waals surface area (Å²) in [6.45, 7) is 1.69. The van der Waals surface area contributed by atoms with Gasteiger partial charge in [-0.25, -0.2) is 4.98 Å². The number of carbonyl (C=O) groups is 1. The largest absolute Gasteiger partial charge is 0.368 e. The molecular formula is C27H24N4OS. The highest BCUT2D eigenvalue weighted by atomic mass is 32.1. The number of fused-ring (bicyclic) bond motifs is 2. The van der Waals surface area contributed by atoms with Crippen LogP contribution >= 0.6 is 11.3 Å². The van der Waals surface area contributed by atoms with Gasteiger partial charge in [-0.1, -0.05) is 36.4 Å². The molecule has 5 nitrogen and oxygen atoms in total. The number of amides is 1. The molecule has 0 aliphatic heterocycles. The van der Waals surface area contributed by atoms with Gasteiger partial charge in [0.2, 0.25) is 0 Å². The molecule has 3 aromatic carbocycles. The molecule has 0 unspecified atom stereocenters. The minimum Gasteiger partial charge on any atom is -0.368 e. The van der Waals surface area contributed by atoms with E-state index in [4.69, 9.17) is 0 Å². The van der Waals surface area contributed by atoms with Gasteiger partial charge in [-0.3, -0.25) is 4.79 Å². The monoisotopic (exact) mass is 452 g/mol. The van der Waals surface area contributed by atoms with Crippen molar-refractivity contribution in [1.29, 1.82) is 0 Å². The van der Waals surface area contributed by atoms with E-state index in [1.54, 1.807) is 0 Å². The Balaban J connectivity index is 1.46. The molecule has 0 atom stereocenters. The molecule has 2 heterocycles. The molecule has 0 radical (unpaired) electrons. The van der Waals surface area contributed by atoms with Crippen molar-refractivity contribution >= 4 is 50.3 Å². The molecule has 5 rings (SSSR count). The number of likely N-dealkylation sites (N-methyl/N-ethyl adjacent to an activating group) is 1. The number of thiophene rings is 1. The van der Waals surface area contributed by atoms with E-state index < -0.39 is 0 Å². The van der Waals surface area contributed by atoms with E-state index in [1.165, 1.54) is 22.3 Å². The van der Waals surface area contributed by atoms with Crippen molar-refractivity contribution in [2.24, 2.45) is 0 Å². The van der Waals surface area contributed by atoms with Gasteiger partial charge in [0.15, 0.2) is 0 Å². The molecular weight excluding hydrogens is 428 g/mol. The first-order chi connectivity index (χ1) is 16.2. The molecule has 0 fully saturated rings. The van der Waals surface area contributed by atoms with E-state index in [1.807, 2.05) is 42.2 Å². The second kappa shape index (κ2) is 9.40.